The Hall–Kier alpha value is -3.07. The zero-order chi connectivity index (χ0) is 23.4. The van der Waals surface area contributed by atoms with Gasteiger partial charge in [0.15, 0.2) is 0 Å². The van der Waals surface area contributed by atoms with E-state index in [4.69, 9.17) is 0 Å². The number of carbonyl (C=O) groups is 2. The zero-order valence-corrected chi connectivity index (χ0v) is 19.3. The first-order chi connectivity index (χ1) is 15.9. The number of likely N-dealkylation sites (tertiary alicyclic amines) is 1. The normalized spacial score (nSPS) is 15.4. The van der Waals surface area contributed by atoms with Gasteiger partial charge in [-0.3, -0.25) is 9.69 Å². The van der Waals surface area contributed by atoms with E-state index in [1.165, 1.54) is 0 Å². The summed E-state index contributed by atoms with van der Waals surface area (Å²) in [5.41, 5.74) is 1.99. The smallest absolute Gasteiger partial charge is 0.255 e. The number of nitrogens with one attached hydrogen (secondary N) is 2. The van der Waals surface area contributed by atoms with Crippen LogP contribution in [0.4, 0.5) is 5.69 Å². The number of anilines is 1. The molecule has 1 aliphatic heterocycles. The second kappa shape index (κ2) is 9.82. The number of benzene rings is 3. The topological polar surface area (TPSA) is 95.6 Å². The SMILES string of the molecule is Cc1ccccc1C(=O)Nc1ccc(S(=O)(=O)NC2CCN(CC=O)CC2)c2ccccc12. The van der Waals surface area contributed by atoms with Crippen molar-refractivity contribution >= 4 is 38.7 Å². The van der Waals surface area contributed by atoms with Gasteiger partial charge in [-0.05, 0) is 43.5 Å². The van der Waals surface area contributed by atoms with Crippen LogP contribution in [0.15, 0.2) is 65.6 Å². The number of fused-ring (bicyclic) bond motifs is 1. The Bertz CT molecular complexity index is 1280. The molecule has 0 bridgehead atoms. The average molecular weight is 466 g/mol. The third-order valence-corrected chi connectivity index (χ3v) is 7.63. The highest BCUT2D eigenvalue weighted by atomic mass is 32.2. The molecular weight excluding hydrogens is 438 g/mol. The van der Waals surface area contributed by atoms with E-state index in [9.17, 15) is 18.0 Å². The minimum atomic E-state index is -3.77. The summed E-state index contributed by atoms with van der Waals surface area (Å²) < 4.78 is 29.3. The van der Waals surface area contributed by atoms with Gasteiger partial charge in [-0.1, -0.05) is 42.5 Å². The van der Waals surface area contributed by atoms with Crippen LogP contribution in [-0.4, -0.2) is 51.2 Å². The van der Waals surface area contributed by atoms with Crippen LogP contribution in [0.3, 0.4) is 0 Å². The largest absolute Gasteiger partial charge is 0.321 e. The van der Waals surface area contributed by atoms with Gasteiger partial charge >= 0.3 is 0 Å². The monoisotopic (exact) mass is 465 g/mol. The summed E-state index contributed by atoms with van der Waals surface area (Å²) in [7, 11) is -3.77. The second-order valence-electron chi connectivity index (χ2n) is 8.29. The number of hydrogen-bond acceptors (Lipinski definition) is 5. The molecule has 1 amide bonds. The third kappa shape index (κ3) is 5.13. The van der Waals surface area contributed by atoms with Crippen LogP contribution in [0.2, 0.25) is 0 Å². The molecule has 2 N–H and O–H groups in total. The van der Waals surface area contributed by atoms with Crippen LogP contribution >= 0.6 is 0 Å². The van der Waals surface area contributed by atoms with Gasteiger partial charge in [-0.15, -0.1) is 0 Å². The fourth-order valence-corrected chi connectivity index (χ4v) is 5.77. The summed E-state index contributed by atoms with van der Waals surface area (Å²) in [6.45, 7) is 3.60. The number of rotatable bonds is 7. The summed E-state index contributed by atoms with van der Waals surface area (Å²) in [6.07, 6.45) is 2.17. The summed E-state index contributed by atoms with van der Waals surface area (Å²) in [5, 5.41) is 4.13. The Balaban J connectivity index is 1.59. The predicted octanol–water partition coefficient (Wildman–Crippen LogP) is 3.34. The lowest BCUT2D eigenvalue weighted by Gasteiger charge is -2.30. The molecule has 0 saturated carbocycles. The van der Waals surface area contributed by atoms with E-state index < -0.39 is 10.0 Å². The van der Waals surface area contributed by atoms with Gasteiger partial charge in [0.05, 0.1) is 11.4 Å². The average Bonchev–Trinajstić information content (AvgIpc) is 2.80. The molecule has 0 atom stereocenters. The summed E-state index contributed by atoms with van der Waals surface area (Å²) >= 11 is 0. The summed E-state index contributed by atoms with van der Waals surface area (Å²) in [4.78, 5) is 25.7. The van der Waals surface area contributed by atoms with Crippen LogP contribution in [0.5, 0.6) is 0 Å². The number of aryl methyl sites for hydroxylation is 1. The first-order valence-corrected chi connectivity index (χ1v) is 12.4. The molecule has 0 radical (unpaired) electrons. The van der Waals surface area contributed by atoms with Crippen molar-refractivity contribution in [3.63, 3.8) is 0 Å². The van der Waals surface area contributed by atoms with Crippen molar-refractivity contribution in [2.75, 3.05) is 25.0 Å². The lowest BCUT2D eigenvalue weighted by atomic mass is 10.1. The highest BCUT2D eigenvalue weighted by molar-refractivity contribution is 7.89. The fraction of sp³-hybridized carbons (Fsp3) is 0.280. The van der Waals surface area contributed by atoms with E-state index in [0.717, 1.165) is 11.8 Å². The number of nitrogens with zero attached hydrogens (tertiary/aromatic N) is 1. The first-order valence-electron chi connectivity index (χ1n) is 11.0. The van der Waals surface area contributed by atoms with Gasteiger partial charge in [0.1, 0.15) is 6.29 Å². The van der Waals surface area contributed by atoms with Gasteiger partial charge in [0, 0.05) is 41.2 Å². The number of carbonyl (C=O) groups excluding carboxylic acids is 2. The lowest BCUT2D eigenvalue weighted by Crippen LogP contribution is -2.45. The molecule has 7 nitrogen and oxygen atoms in total. The van der Waals surface area contributed by atoms with Crippen LogP contribution in [-0.2, 0) is 14.8 Å². The molecule has 8 heteroatoms. The Morgan fingerprint density at radius 1 is 1.00 bits per heavy atom. The highest BCUT2D eigenvalue weighted by Crippen LogP contribution is 2.30. The highest BCUT2D eigenvalue weighted by Gasteiger charge is 2.26. The van der Waals surface area contributed by atoms with Crippen molar-refractivity contribution in [1.82, 2.24) is 9.62 Å². The van der Waals surface area contributed by atoms with Gasteiger partial charge in [0.25, 0.3) is 5.91 Å². The van der Waals surface area contributed by atoms with Crippen molar-refractivity contribution in [1.29, 1.82) is 0 Å². The number of sulfonamides is 1. The van der Waals surface area contributed by atoms with Crippen molar-refractivity contribution in [2.45, 2.75) is 30.7 Å². The molecular formula is C25H27N3O4S. The number of aldehydes is 1. The summed E-state index contributed by atoms with van der Waals surface area (Å²) in [5.74, 6) is -0.242. The lowest BCUT2D eigenvalue weighted by molar-refractivity contribution is -0.109. The van der Waals surface area contributed by atoms with E-state index in [1.54, 1.807) is 36.4 Å². The number of piperidine rings is 1. The van der Waals surface area contributed by atoms with Crippen LogP contribution in [0.1, 0.15) is 28.8 Å². The molecule has 33 heavy (non-hydrogen) atoms. The van der Waals surface area contributed by atoms with Crippen molar-refractivity contribution in [2.24, 2.45) is 0 Å². The Morgan fingerprint density at radius 3 is 2.36 bits per heavy atom. The van der Waals surface area contributed by atoms with Crippen molar-refractivity contribution in [3.05, 3.63) is 71.8 Å². The molecule has 172 valence electrons. The second-order valence-corrected chi connectivity index (χ2v) is 9.97. The Kier molecular flexibility index (Phi) is 6.88. The molecule has 0 spiro atoms. The van der Waals surface area contributed by atoms with Gasteiger partial charge < -0.3 is 10.1 Å². The molecule has 1 fully saturated rings. The van der Waals surface area contributed by atoms with E-state index in [0.29, 0.717) is 54.5 Å². The fourth-order valence-electron chi connectivity index (χ4n) is 4.25. The van der Waals surface area contributed by atoms with E-state index >= 15 is 0 Å². The maximum Gasteiger partial charge on any atom is 0.255 e. The van der Waals surface area contributed by atoms with E-state index in [2.05, 4.69) is 10.0 Å². The van der Waals surface area contributed by atoms with E-state index in [1.807, 2.05) is 36.1 Å². The molecule has 4 rings (SSSR count). The Labute approximate surface area is 193 Å². The number of amides is 1. The maximum atomic E-state index is 13.3. The van der Waals surface area contributed by atoms with Crippen molar-refractivity contribution < 1.29 is 18.0 Å². The molecule has 0 aliphatic carbocycles. The van der Waals surface area contributed by atoms with Crippen LogP contribution in [0.25, 0.3) is 10.8 Å². The molecule has 1 saturated heterocycles. The molecule has 0 aromatic heterocycles. The standard InChI is InChI=1S/C25H27N3O4S/c1-18-6-2-3-7-20(18)25(30)26-23-10-11-24(22-9-5-4-8-21(22)23)33(31,32)27-19-12-14-28(15-13-19)16-17-29/h2-11,17,19,27H,12-16H2,1H3,(H,26,30). The molecule has 1 aliphatic rings. The van der Waals surface area contributed by atoms with Crippen molar-refractivity contribution in [3.8, 4) is 0 Å². The third-order valence-electron chi connectivity index (χ3n) is 6.05. The van der Waals surface area contributed by atoms with Crippen LogP contribution in [0, 0.1) is 6.92 Å². The minimum Gasteiger partial charge on any atom is -0.321 e. The number of hydrogen-bond donors (Lipinski definition) is 2. The molecule has 1 heterocycles. The maximum absolute atomic E-state index is 13.3. The first kappa shape index (κ1) is 23.1. The van der Waals surface area contributed by atoms with Gasteiger partial charge in [-0.2, -0.15) is 0 Å². The van der Waals surface area contributed by atoms with E-state index in [-0.39, 0.29) is 16.8 Å². The molecule has 0 unspecified atom stereocenters. The summed E-state index contributed by atoms with van der Waals surface area (Å²) in [6, 6.07) is 17.5. The predicted molar refractivity (Wildman–Crippen MR) is 129 cm³/mol. The molecule has 3 aromatic carbocycles. The van der Waals surface area contributed by atoms with Crippen LogP contribution < -0.4 is 10.0 Å². The zero-order valence-electron chi connectivity index (χ0n) is 18.5. The van der Waals surface area contributed by atoms with Gasteiger partial charge in [0.2, 0.25) is 10.0 Å². The Morgan fingerprint density at radius 2 is 1.67 bits per heavy atom. The molecule has 3 aromatic rings. The van der Waals surface area contributed by atoms with Gasteiger partial charge in [-0.25, -0.2) is 13.1 Å². The quantitative estimate of drug-likeness (QED) is 0.522. The minimum absolute atomic E-state index is 0.183.